The van der Waals surface area contributed by atoms with Gasteiger partial charge in [-0.3, -0.25) is 9.08 Å². The number of hydrogen-bond acceptors (Lipinski definition) is 4. The molecule has 3 aromatic carbocycles. The molecule has 4 aliphatic rings. The summed E-state index contributed by atoms with van der Waals surface area (Å²) < 4.78 is 69.1. The molecule has 4 atom stereocenters. The van der Waals surface area contributed by atoms with Crippen LogP contribution in [-0.4, -0.2) is 38.5 Å². The predicted molar refractivity (Wildman–Crippen MR) is 134 cm³/mol. The fourth-order valence-corrected chi connectivity index (χ4v) is 8.07. The summed E-state index contributed by atoms with van der Waals surface area (Å²) in [6.45, 7) is 1.26. The molecule has 4 unspecified atom stereocenters. The summed E-state index contributed by atoms with van der Waals surface area (Å²) in [6.07, 6.45) is 1.62. The van der Waals surface area contributed by atoms with Crippen molar-refractivity contribution in [2.24, 2.45) is 11.3 Å². The van der Waals surface area contributed by atoms with Crippen molar-refractivity contribution in [2.45, 2.75) is 36.2 Å². The second kappa shape index (κ2) is 8.68. The Bertz CT molecular complexity index is 1400. The first kappa shape index (κ1) is 24.6. The third-order valence-corrected chi connectivity index (χ3v) is 9.89. The highest BCUT2D eigenvalue weighted by Crippen LogP contribution is 2.69. The third kappa shape index (κ3) is 3.75. The monoisotopic (exact) mass is 527 g/mol. The molecule has 1 saturated carbocycles. The van der Waals surface area contributed by atoms with Crippen LogP contribution in [0.5, 0.6) is 0 Å². The van der Waals surface area contributed by atoms with E-state index in [2.05, 4.69) is 29.2 Å². The van der Waals surface area contributed by atoms with E-state index in [1.807, 2.05) is 60.7 Å². The zero-order valence-electron chi connectivity index (χ0n) is 20.2. The standard InChI is InChI=1S/C29H28F3NO3S/c30-29(31,32)37(34,35)36-20-27-19-33(17-21-9-3-1-4-10-21)18-26(27)28(22-11-5-2-6-12-22)16-15-24(27)23-13-7-8-14-25(23)28/h1-14,24,26H,15-20H2. The first-order valence-electron chi connectivity index (χ1n) is 12.5. The molecule has 194 valence electrons. The fourth-order valence-electron chi connectivity index (χ4n) is 7.56. The van der Waals surface area contributed by atoms with E-state index in [-0.39, 0.29) is 11.8 Å². The van der Waals surface area contributed by atoms with Crippen LogP contribution in [-0.2, 0) is 26.3 Å². The van der Waals surface area contributed by atoms with Crippen molar-refractivity contribution in [1.82, 2.24) is 4.90 Å². The van der Waals surface area contributed by atoms with Gasteiger partial charge < -0.3 is 0 Å². The van der Waals surface area contributed by atoms with Gasteiger partial charge in [0.1, 0.15) is 0 Å². The summed E-state index contributed by atoms with van der Waals surface area (Å²) in [5.74, 6) is -0.202. The molecule has 3 aliphatic carbocycles. The molecule has 0 spiro atoms. The highest BCUT2D eigenvalue weighted by atomic mass is 32.2. The maximum Gasteiger partial charge on any atom is 0.523 e. The van der Waals surface area contributed by atoms with Gasteiger partial charge in [-0.25, -0.2) is 0 Å². The minimum absolute atomic E-state index is 0.0940. The highest BCUT2D eigenvalue weighted by Gasteiger charge is 2.67. The SMILES string of the molecule is O=S(=O)(OCC12CN(Cc3ccccc3)CC1C1(c3ccccc3)CCC2c2ccccc21)C(F)(F)F. The molecule has 37 heavy (non-hydrogen) atoms. The first-order chi connectivity index (χ1) is 17.7. The van der Waals surface area contributed by atoms with E-state index in [1.165, 1.54) is 5.56 Å². The van der Waals surface area contributed by atoms with Gasteiger partial charge in [-0.05, 0) is 46.9 Å². The zero-order valence-corrected chi connectivity index (χ0v) is 21.0. The summed E-state index contributed by atoms with van der Waals surface area (Å²) in [7, 11) is -5.71. The Morgan fingerprint density at radius 3 is 2.27 bits per heavy atom. The van der Waals surface area contributed by atoms with Gasteiger partial charge in [0.05, 0.1) is 6.61 Å². The number of benzene rings is 3. The minimum Gasteiger partial charge on any atom is -0.298 e. The third-order valence-electron chi connectivity index (χ3n) is 8.89. The van der Waals surface area contributed by atoms with Gasteiger partial charge >= 0.3 is 15.6 Å². The molecule has 0 radical (unpaired) electrons. The lowest BCUT2D eigenvalue weighted by molar-refractivity contribution is -0.0631. The number of fused-ring (bicyclic) bond motifs is 1. The van der Waals surface area contributed by atoms with Crippen LogP contribution in [0.2, 0.25) is 0 Å². The average Bonchev–Trinajstić information content (AvgIpc) is 3.29. The maximum absolute atomic E-state index is 13.3. The molecular formula is C29H28F3NO3S. The lowest BCUT2D eigenvalue weighted by atomic mass is 9.42. The molecule has 1 saturated heterocycles. The first-order valence-corrected chi connectivity index (χ1v) is 14.0. The lowest BCUT2D eigenvalue weighted by Crippen LogP contribution is -2.59. The smallest absolute Gasteiger partial charge is 0.298 e. The van der Waals surface area contributed by atoms with Crippen molar-refractivity contribution < 1.29 is 25.8 Å². The zero-order chi connectivity index (χ0) is 25.9. The highest BCUT2D eigenvalue weighted by molar-refractivity contribution is 7.87. The van der Waals surface area contributed by atoms with Crippen LogP contribution >= 0.6 is 0 Å². The molecule has 7 rings (SSSR count). The number of halogens is 3. The molecule has 2 fully saturated rings. The van der Waals surface area contributed by atoms with Crippen LogP contribution < -0.4 is 0 Å². The molecule has 8 heteroatoms. The molecule has 1 heterocycles. The normalized spacial score (nSPS) is 29.2. The maximum atomic E-state index is 13.3. The molecule has 2 bridgehead atoms. The van der Waals surface area contributed by atoms with Gasteiger partial charge in [-0.15, -0.1) is 0 Å². The second-order valence-corrected chi connectivity index (χ2v) is 12.2. The van der Waals surface area contributed by atoms with Crippen LogP contribution in [0.25, 0.3) is 0 Å². The van der Waals surface area contributed by atoms with E-state index in [1.54, 1.807) is 0 Å². The molecule has 4 nitrogen and oxygen atoms in total. The minimum atomic E-state index is -5.71. The summed E-state index contributed by atoms with van der Waals surface area (Å²) in [4.78, 5) is 2.27. The van der Waals surface area contributed by atoms with Crippen LogP contribution in [0.1, 0.15) is 41.0 Å². The summed E-state index contributed by atoms with van der Waals surface area (Å²) in [5.41, 5.74) is -2.14. The average molecular weight is 528 g/mol. The van der Waals surface area contributed by atoms with Crippen LogP contribution in [0.15, 0.2) is 84.9 Å². The van der Waals surface area contributed by atoms with Crippen molar-refractivity contribution in [3.05, 3.63) is 107 Å². The Morgan fingerprint density at radius 1 is 0.919 bits per heavy atom. The molecule has 0 amide bonds. The van der Waals surface area contributed by atoms with Crippen LogP contribution in [0.4, 0.5) is 13.2 Å². The van der Waals surface area contributed by atoms with E-state index >= 15 is 0 Å². The molecule has 0 N–H and O–H groups in total. The van der Waals surface area contributed by atoms with Gasteiger partial charge in [-0.1, -0.05) is 84.9 Å². The lowest BCUT2D eigenvalue weighted by Gasteiger charge is -2.61. The Kier molecular flexibility index (Phi) is 5.78. The number of hydrogen-bond donors (Lipinski definition) is 0. The Morgan fingerprint density at radius 2 is 1.57 bits per heavy atom. The van der Waals surface area contributed by atoms with Crippen molar-refractivity contribution >= 4 is 10.1 Å². The predicted octanol–water partition coefficient (Wildman–Crippen LogP) is 5.85. The summed E-state index contributed by atoms with van der Waals surface area (Å²) in [6, 6.07) is 28.3. The Balaban J connectivity index is 1.50. The molecular weight excluding hydrogens is 499 g/mol. The quantitative estimate of drug-likeness (QED) is 0.298. The van der Waals surface area contributed by atoms with Crippen LogP contribution in [0, 0.1) is 11.3 Å². The number of alkyl halides is 3. The van der Waals surface area contributed by atoms with Crippen LogP contribution in [0.3, 0.4) is 0 Å². The van der Waals surface area contributed by atoms with Crippen molar-refractivity contribution in [2.75, 3.05) is 19.7 Å². The van der Waals surface area contributed by atoms with Crippen molar-refractivity contribution in [3.63, 3.8) is 0 Å². The topological polar surface area (TPSA) is 46.6 Å². The van der Waals surface area contributed by atoms with E-state index in [9.17, 15) is 21.6 Å². The van der Waals surface area contributed by atoms with E-state index in [0.717, 1.165) is 29.5 Å². The van der Waals surface area contributed by atoms with Crippen molar-refractivity contribution in [1.29, 1.82) is 0 Å². The van der Waals surface area contributed by atoms with Gasteiger partial charge in [0.25, 0.3) is 0 Å². The van der Waals surface area contributed by atoms with Gasteiger partial charge in [-0.2, -0.15) is 21.6 Å². The van der Waals surface area contributed by atoms with Crippen molar-refractivity contribution in [3.8, 4) is 0 Å². The summed E-state index contributed by atoms with van der Waals surface area (Å²) in [5, 5.41) is 0. The largest absolute Gasteiger partial charge is 0.523 e. The van der Waals surface area contributed by atoms with E-state index in [4.69, 9.17) is 4.18 Å². The number of nitrogens with zero attached hydrogens (tertiary/aromatic N) is 1. The van der Waals surface area contributed by atoms with Gasteiger partial charge in [0.2, 0.25) is 0 Å². The van der Waals surface area contributed by atoms with E-state index < -0.39 is 33.1 Å². The number of rotatable bonds is 6. The summed E-state index contributed by atoms with van der Waals surface area (Å²) >= 11 is 0. The van der Waals surface area contributed by atoms with Gasteiger partial charge in [0, 0.05) is 30.5 Å². The van der Waals surface area contributed by atoms with E-state index in [0.29, 0.717) is 19.6 Å². The molecule has 1 aliphatic heterocycles. The Hall–Kier alpha value is -2.68. The number of likely N-dealkylation sites (tertiary alicyclic amines) is 1. The fraction of sp³-hybridized carbons (Fsp3) is 0.379. The second-order valence-electron chi connectivity index (χ2n) is 10.6. The Labute approximate surface area is 215 Å². The molecule has 3 aromatic rings. The van der Waals surface area contributed by atoms with Gasteiger partial charge in [0.15, 0.2) is 0 Å². The molecule has 0 aromatic heterocycles.